The average molecular weight is 589 g/mol. The van der Waals surface area contributed by atoms with Crippen LogP contribution < -0.4 is 20.9 Å². The molecule has 1 atom stereocenters. The quantitative estimate of drug-likeness (QED) is 0.323. The van der Waals surface area contributed by atoms with Gasteiger partial charge < -0.3 is 20.9 Å². The number of nitrogens with zero attached hydrogens (tertiary/aromatic N) is 5. The molecule has 222 valence electrons. The van der Waals surface area contributed by atoms with Crippen LogP contribution in [-0.4, -0.2) is 52.9 Å². The Hall–Kier alpha value is -5.12. The zero-order chi connectivity index (χ0) is 30.2. The van der Waals surface area contributed by atoms with E-state index in [-0.39, 0.29) is 11.9 Å². The largest absolute Gasteiger partial charge is 0.373 e. The molecule has 1 amide bonds. The minimum absolute atomic E-state index is 0.0529. The lowest BCUT2D eigenvalue weighted by atomic mass is 9.95. The predicted molar refractivity (Wildman–Crippen MR) is 171 cm³/mol. The molecule has 44 heavy (non-hydrogen) atoms. The van der Waals surface area contributed by atoms with Crippen molar-refractivity contribution in [1.29, 1.82) is 0 Å². The first-order valence-electron chi connectivity index (χ1n) is 15.0. The fourth-order valence-corrected chi connectivity index (χ4v) is 5.90. The van der Waals surface area contributed by atoms with Gasteiger partial charge in [0.15, 0.2) is 0 Å². The summed E-state index contributed by atoms with van der Waals surface area (Å²) in [5.74, 6) is 0.673. The monoisotopic (exact) mass is 588 g/mol. The first kappa shape index (κ1) is 27.7. The van der Waals surface area contributed by atoms with Gasteiger partial charge in [-0.2, -0.15) is 0 Å². The first-order valence-corrected chi connectivity index (χ1v) is 15.0. The number of amidine groups is 1. The van der Waals surface area contributed by atoms with Crippen molar-refractivity contribution in [3.05, 3.63) is 101 Å². The Morgan fingerprint density at radius 2 is 2.07 bits per heavy atom. The van der Waals surface area contributed by atoms with Crippen LogP contribution >= 0.6 is 0 Å². The normalized spacial score (nSPS) is 18.5. The molecule has 6 heterocycles. The van der Waals surface area contributed by atoms with Crippen molar-refractivity contribution in [2.45, 2.75) is 38.6 Å². The molecule has 7 rings (SSSR count). The number of aromatic nitrogens is 3. The summed E-state index contributed by atoms with van der Waals surface area (Å²) in [6, 6.07) is 7.68. The number of hydrogen-bond donors (Lipinski definition) is 3. The third-order valence-electron chi connectivity index (χ3n) is 8.28. The number of amides is 1. The van der Waals surface area contributed by atoms with Crippen molar-refractivity contribution < 1.29 is 9.18 Å². The summed E-state index contributed by atoms with van der Waals surface area (Å²) in [6.07, 6.45) is 15.6. The molecule has 4 aliphatic rings. The molecule has 1 saturated heterocycles. The van der Waals surface area contributed by atoms with Gasteiger partial charge >= 0.3 is 0 Å². The van der Waals surface area contributed by atoms with Crippen LogP contribution in [0.2, 0.25) is 0 Å². The molecule has 1 unspecified atom stereocenters. The van der Waals surface area contributed by atoms with E-state index >= 15 is 4.39 Å². The number of anilines is 2. The van der Waals surface area contributed by atoms with E-state index in [1.165, 1.54) is 0 Å². The van der Waals surface area contributed by atoms with Gasteiger partial charge in [-0.3, -0.25) is 19.8 Å². The van der Waals surface area contributed by atoms with Gasteiger partial charge in [-0.25, -0.2) is 9.37 Å². The van der Waals surface area contributed by atoms with Gasteiger partial charge in [0.05, 0.1) is 35.4 Å². The van der Waals surface area contributed by atoms with Crippen LogP contribution in [0.4, 0.5) is 15.9 Å². The Labute approximate surface area is 255 Å². The second kappa shape index (κ2) is 11.5. The minimum atomic E-state index is -0.407. The van der Waals surface area contributed by atoms with E-state index in [1.54, 1.807) is 30.9 Å². The Bertz CT molecular complexity index is 1810. The van der Waals surface area contributed by atoms with Crippen molar-refractivity contribution in [2.75, 3.05) is 30.4 Å². The summed E-state index contributed by atoms with van der Waals surface area (Å²) in [4.78, 5) is 32.9. The van der Waals surface area contributed by atoms with Crippen molar-refractivity contribution in [3.63, 3.8) is 0 Å². The van der Waals surface area contributed by atoms with Crippen LogP contribution in [0.3, 0.4) is 0 Å². The third-order valence-corrected chi connectivity index (χ3v) is 8.28. The van der Waals surface area contributed by atoms with Crippen molar-refractivity contribution in [3.8, 4) is 11.1 Å². The summed E-state index contributed by atoms with van der Waals surface area (Å²) in [7, 11) is 1.92. The van der Waals surface area contributed by atoms with Crippen molar-refractivity contribution in [2.24, 2.45) is 4.99 Å². The molecule has 3 aliphatic heterocycles. The molecule has 0 spiro atoms. The van der Waals surface area contributed by atoms with Crippen molar-refractivity contribution >= 4 is 34.4 Å². The lowest BCUT2D eigenvalue weighted by Gasteiger charge is -2.26. The van der Waals surface area contributed by atoms with Crippen LogP contribution in [0.5, 0.6) is 0 Å². The van der Waals surface area contributed by atoms with Gasteiger partial charge in [-0.05, 0) is 37.1 Å². The molecule has 3 N–H and O–H groups in total. The maximum absolute atomic E-state index is 16.8. The number of halogens is 1. The number of aliphatic imine (C=N–C) groups is 1. The molecule has 1 fully saturated rings. The lowest BCUT2D eigenvalue weighted by Crippen LogP contribution is -2.33. The Morgan fingerprint density at radius 3 is 2.91 bits per heavy atom. The number of unbranched alkanes of at least 4 members (excludes halogenated alkanes) is 1. The molecule has 1 aliphatic carbocycles. The first-order chi connectivity index (χ1) is 21.5. The summed E-state index contributed by atoms with van der Waals surface area (Å²) in [5, 5.41) is 9.92. The molecule has 10 heteroatoms. The second-order valence-electron chi connectivity index (χ2n) is 11.3. The number of pyridine rings is 3. The van der Waals surface area contributed by atoms with Crippen LogP contribution in [-0.2, 0) is 4.79 Å². The van der Waals surface area contributed by atoms with Gasteiger partial charge in [0.25, 0.3) is 0 Å². The maximum Gasteiger partial charge on any atom is 0.224 e. The summed E-state index contributed by atoms with van der Waals surface area (Å²) in [5.41, 5.74) is 7.54. The summed E-state index contributed by atoms with van der Waals surface area (Å²) in [6.45, 7) is 3.16. The summed E-state index contributed by atoms with van der Waals surface area (Å²) >= 11 is 0. The van der Waals surface area contributed by atoms with E-state index in [1.807, 2.05) is 43.1 Å². The molecule has 0 bridgehead atoms. The van der Waals surface area contributed by atoms with Crippen LogP contribution in [0.15, 0.2) is 89.2 Å². The fourth-order valence-electron chi connectivity index (χ4n) is 5.90. The molecule has 3 aromatic heterocycles. The fraction of sp³-hybridized carbons (Fsp3) is 0.265. The van der Waals surface area contributed by atoms with Gasteiger partial charge in [-0.15, -0.1) is 0 Å². The predicted octanol–water partition coefficient (Wildman–Crippen LogP) is 5.24. The highest BCUT2D eigenvalue weighted by molar-refractivity contribution is 6.25. The van der Waals surface area contributed by atoms with E-state index in [0.717, 1.165) is 41.1 Å². The van der Waals surface area contributed by atoms with Crippen molar-refractivity contribution in [1.82, 2.24) is 25.6 Å². The smallest absolute Gasteiger partial charge is 0.224 e. The van der Waals surface area contributed by atoms with Gasteiger partial charge in [0.1, 0.15) is 23.5 Å². The standard InChI is InChI=1S/C34H33FN8O/c1-3-4-10-28(44)40-21-15-20(16-36-17-21)24-18-39-34-29(30(24)35)23(8-7-14-43(34)2)33-38-19-25-22(26-9-5-6-13-37-26)11-12-27-32(41-27)31(25)42-33/h5-6,8-9,11-13,15-18,32,41H,3-4,7,10,14,19H2,1-2H3,(H,38,42)(H,40,44). The molecule has 9 nitrogen and oxygen atoms in total. The zero-order valence-corrected chi connectivity index (χ0v) is 24.7. The highest BCUT2D eigenvalue weighted by atomic mass is 19.1. The van der Waals surface area contributed by atoms with Crippen LogP contribution in [0.25, 0.3) is 22.3 Å². The summed E-state index contributed by atoms with van der Waals surface area (Å²) < 4.78 is 16.8. The van der Waals surface area contributed by atoms with E-state index in [0.29, 0.717) is 65.5 Å². The zero-order valence-electron chi connectivity index (χ0n) is 24.7. The third kappa shape index (κ3) is 5.16. The Balaban J connectivity index is 1.24. The highest BCUT2D eigenvalue weighted by Gasteiger charge is 2.39. The van der Waals surface area contributed by atoms with E-state index in [4.69, 9.17) is 9.98 Å². The van der Waals surface area contributed by atoms with Gasteiger partial charge in [0.2, 0.25) is 5.91 Å². The molecular formula is C34H33FN8O. The number of nitrogens with one attached hydrogen (secondary N) is 3. The second-order valence-corrected chi connectivity index (χ2v) is 11.3. The number of rotatable bonds is 7. The lowest BCUT2D eigenvalue weighted by molar-refractivity contribution is -0.116. The number of fused-ring (bicyclic) bond motifs is 3. The number of carbonyl (C=O) groups is 1. The van der Waals surface area contributed by atoms with Crippen LogP contribution in [0.1, 0.15) is 43.9 Å². The number of allylic oxidation sites excluding steroid dienone is 2. The molecule has 0 aromatic carbocycles. The molecule has 0 saturated carbocycles. The molecule has 3 aromatic rings. The van der Waals surface area contributed by atoms with Crippen LogP contribution in [0, 0.1) is 5.82 Å². The van der Waals surface area contributed by atoms with E-state index in [9.17, 15) is 4.79 Å². The van der Waals surface area contributed by atoms with E-state index < -0.39 is 5.82 Å². The van der Waals surface area contributed by atoms with E-state index in [2.05, 4.69) is 38.1 Å². The number of carbonyl (C=O) groups excluding carboxylic acids is 1. The average Bonchev–Trinajstić information content (AvgIpc) is 3.85. The maximum atomic E-state index is 16.8. The molecular weight excluding hydrogens is 555 g/mol. The topological polar surface area (TPSA) is 117 Å². The Morgan fingerprint density at radius 1 is 1.16 bits per heavy atom. The molecule has 0 radical (unpaired) electrons. The Kier molecular flexibility index (Phi) is 7.25. The highest BCUT2D eigenvalue weighted by Crippen LogP contribution is 2.40. The van der Waals surface area contributed by atoms with Gasteiger partial charge in [0, 0.05) is 72.1 Å². The van der Waals surface area contributed by atoms with Gasteiger partial charge in [-0.1, -0.05) is 31.6 Å². The SMILES string of the molecule is CCCCC(=O)Nc1cncc(-c2cnc3c(c2F)C(C2=NCC4=C(N2)C2NC2=CC=C4c2ccccn2)=CCCN3C)c1. The minimum Gasteiger partial charge on any atom is -0.373 e. The number of hydrogen-bond acceptors (Lipinski definition) is 8.